The second-order valence-electron chi connectivity index (χ2n) is 4.05. The molecule has 4 heteroatoms. The highest BCUT2D eigenvalue weighted by Crippen LogP contribution is 2.37. The number of aromatic nitrogens is 2. The summed E-state index contributed by atoms with van der Waals surface area (Å²) >= 11 is 0. The maximum absolute atomic E-state index is 13.6. The first-order valence-corrected chi connectivity index (χ1v) is 5.99. The number of hydrogen-bond donors (Lipinski definition) is 0. The number of halogens is 2. The van der Waals surface area contributed by atoms with Gasteiger partial charge in [-0.3, -0.25) is 0 Å². The van der Waals surface area contributed by atoms with Crippen LogP contribution in [-0.2, 0) is 0 Å². The Morgan fingerprint density at radius 2 is 1.94 bits per heavy atom. The average Bonchev–Trinajstić information content (AvgIpc) is 3.10. The van der Waals surface area contributed by atoms with E-state index in [1.54, 1.807) is 6.33 Å². The van der Waals surface area contributed by atoms with Crippen molar-refractivity contribution >= 4 is 11.0 Å². The Hall–Kier alpha value is -1.45. The highest BCUT2D eigenvalue weighted by molar-refractivity contribution is 5.77. The molecule has 0 unspecified atom stereocenters. The Morgan fingerprint density at radius 3 is 2.53 bits per heavy atom. The molecule has 2 nitrogen and oxygen atoms in total. The summed E-state index contributed by atoms with van der Waals surface area (Å²) in [5.41, 5.74) is 0.891. The van der Waals surface area contributed by atoms with Crippen LogP contribution in [-0.4, -0.2) is 9.55 Å². The van der Waals surface area contributed by atoms with Crippen LogP contribution in [0.2, 0.25) is 0 Å². The van der Waals surface area contributed by atoms with E-state index in [1.165, 1.54) is 13.0 Å². The highest BCUT2D eigenvalue weighted by Gasteiger charge is 2.26. The van der Waals surface area contributed by atoms with Crippen molar-refractivity contribution in [2.45, 2.75) is 39.7 Å². The van der Waals surface area contributed by atoms with Crippen molar-refractivity contribution in [1.29, 1.82) is 0 Å². The molecule has 1 aromatic carbocycles. The summed E-state index contributed by atoms with van der Waals surface area (Å²) < 4.78 is 28.9. The third-order valence-corrected chi connectivity index (χ3v) is 2.93. The lowest BCUT2D eigenvalue weighted by atomic mass is 10.2. The van der Waals surface area contributed by atoms with E-state index < -0.39 is 11.6 Å². The molecule has 0 radical (unpaired) electrons. The van der Waals surface area contributed by atoms with Crippen LogP contribution in [0.25, 0.3) is 11.0 Å². The summed E-state index contributed by atoms with van der Waals surface area (Å²) in [6, 6.07) is 1.76. The number of rotatable bonds is 1. The zero-order valence-corrected chi connectivity index (χ0v) is 10.3. The summed E-state index contributed by atoms with van der Waals surface area (Å²) in [5.74, 6) is -1.04. The first-order chi connectivity index (χ1) is 8.18. The largest absolute Gasteiger partial charge is 0.327 e. The van der Waals surface area contributed by atoms with Crippen molar-refractivity contribution in [2.24, 2.45) is 0 Å². The molecule has 1 heterocycles. The maximum Gasteiger partial charge on any atom is 0.156 e. The van der Waals surface area contributed by atoms with Crippen LogP contribution in [0.1, 0.15) is 38.3 Å². The average molecular weight is 238 g/mol. The Kier molecular flexibility index (Phi) is 3.13. The van der Waals surface area contributed by atoms with Gasteiger partial charge in [0.1, 0.15) is 11.3 Å². The second kappa shape index (κ2) is 4.43. The van der Waals surface area contributed by atoms with E-state index in [9.17, 15) is 8.78 Å². The van der Waals surface area contributed by atoms with E-state index in [4.69, 9.17) is 0 Å². The molecule has 1 aromatic heterocycles. The molecular weight excluding hydrogens is 222 g/mol. The monoisotopic (exact) mass is 238 g/mol. The first kappa shape index (κ1) is 12.0. The van der Waals surface area contributed by atoms with Gasteiger partial charge >= 0.3 is 0 Å². The Morgan fingerprint density at radius 1 is 1.29 bits per heavy atom. The number of fused-ring (bicyclic) bond motifs is 1. The lowest BCUT2D eigenvalue weighted by Crippen LogP contribution is -1.94. The predicted molar refractivity (Wildman–Crippen MR) is 64.0 cm³/mol. The molecule has 3 rings (SSSR count). The van der Waals surface area contributed by atoms with Crippen LogP contribution in [0.5, 0.6) is 0 Å². The molecule has 92 valence electrons. The van der Waals surface area contributed by atoms with Crippen LogP contribution in [0.15, 0.2) is 12.4 Å². The van der Waals surface area contributed by atoms with Gasteiger partial charge < -0.3 is 4.57 Å². The zero-order chi connectivity index (χ0) is 12.6. The van der Waals surface area contributed by atoms with E-state index in [1.807, 2.05) is 18.4 Å². The molecule has 0 N–H and O–H groups in total. The summed E-state index contributed by atoms with van der Waals surface area (Å²) in [4.78, 5) is 4.00. The van der Waals surface area contributed by atoms with Crippen molar-refractivity contribution in [1.82, 2.24) is 9.55 Å². The van der Waals surface area contributed by atoms with E-state index in [2.05, 4.69) is 4.98 Å². The Bertz CT molecular complexity index is 542. The van der Waals surface area contributed by atoms with Crippen molar-refractivity contribution < 1.29 is 8.78 Å². The van der Waals surface area contributed by atoms with Crippen LogP contribution in [0, 0.1) is 18.6 Å². The fraction of sp³-hybridized carbons (Fsp3) is 0.462. The Labute approximate surface area is 99.3 Å². The SMILES string of the molecule is CC.Cc1c(F)cc2c(ncn2C2CC2)c1F. The van der Waals surface area contributed by atoms with Crippen LogP contribution in [0.3, 0.4) is 0 Å². The molecule has 0 bridgehead atoms. The van der Waals surface area contributed by atoms with Gasteiger partial charge in [0.25, 0.3) is 0 Å². The van der Waals surface area contributed by atoms with E-state index in [0.717, 1.165) is 12.8 Å². The molecule has 0 spiro atoms. The van der Waals surface area contributed by atoms with Crippen LogP contribution >= 0.6 is 0 Å². The maximum atomic E-state index is 13.6. The minimum absolute atomic E-state index is 0.0450. The van der Waals surface area contributed by atoms with Crippen LogP contribution in [0.4, 0.5) is 8.78 Å². The van der Waals surface area contributed by atoms with E-state index in [0.29, 0.717) is 11.6 Å². The van der Waals surface area contributed by atoms with Gasteiger partial charge in [-0.2, -0.15) is 0 Å². The molecule has 0 aliphatic heterocycles. The molecular formula is C13H16F2N2. The smallest absolute Gasteiger partial charge is 0.156 e. The van der Waals surface area contributed by atoms with Gasteiger partial charge in [-0.15, -0.1) is 0 Å². The van der Waals surface area contributed by atoms with Gasteiger partial charge in [-0.25, -0.2) is 13.8 Å². The van der Waals surface area contributed by atoms with Crippen molar-refractivity contribution in [3.63, 3.8) is 0 Å². The summed E-state index contributed by atoms with van der Waals surface area (Å²) in [6.07, 6.45) is 3.75. The first-order valence-electron chi connectivity index (χ1n) is 5.99. The molecule has 1 aliphatic rings. The third-order valence-electron chi connectivity index (χ3n) is 2.93. The number of benzene rings is 1. The van der Waals surface area contributed by atoms with Gasteiger partial charge in [0.05, 0.1) is 11.8 Å². The lowest BCUT2D eigenvalue weighted by Gasteiger charge is -2.03. The molecule has 0 saturated heterocycles. The zero-order valence-electron chi connectivity index (χ0n) is 10.3. The minimum atomic E-state index is -0.538. The number of nitrogens with zero attached hydrogens (tertiary/aromatic N) is 2. The van der Waals surface area contributed by atoms with E-state index in [-0.39, 0.29) is 11.1 Å². The van der Waals surface area contributed by atoms with Gasteiger partial charge in [0, 0.05) is 17.7 Å². The summed E-state index contributed by atoms with van der Waals surface area (Å²) in [5, 5.41) is 0. The normalized spacial score (nSPS) is 14.6. The van der Waals surface area contributed by atoms with Gasteiger partial charge in [-0.05, 0) is 19.8 Å². The fourth-order valence-corrected chi connectivity index (χ4v) is 1.84. The molecule has 1 saturated carbocycles. The predicted octanol–water partition coefficient (Wildman–Crippen LogP) is 3.98. The van der Waals surface area contributed by atoms with Gasteiger partial charge in [-0.1, -0.05) is 13.8 Å². The molecule has 17 heavy (non-hydrogen) atoms. The number of hydrogen-bond acceptors (Lipinski definition) is 1. The highest BCUT2D eigenvalue weighted by atomic mass is 19.1. The van der Waals surface area contributed by atoms with Crippen molar-refractivity contribution in [3.8, 4) is 0 Å². The quantitative estimate of drug-likeness (QED) is 0.734. The van der Waals surface area contributed by atoms with Crippen molar-refractivity contribution in [3.05, 3.63) is 29.6 Å². The van der Waals surface area contributed by atoms with Crippen LogP contribution < -0.4 is 0 Å². The lowest BCUT2D eigenvalue weighted by molar-refractivity contribution is 0.575. The molecule has 1 fully saturated rings. The standard InChI is InChI=1S/C11H10F2N2.C2H6/c1-6-8(12)4-9-11(10(6)13)14-5-15(9)7-2-3-7;1-2/h4-5,7H,2-3H2,1H3;1-2H3. The minimum Gasteiger partial charge on any atom is -0.327 e. The molecule has 1 aliphatic carbocycles. The van der Waals surface area contributed by atoms with Gasteiger partial charge in [0.2, 0.25) is 0 Å². The van der Waals surface area contributed by atoms with E-state index >= 15 is 0 Å². The van der Waals surface area contributed by atoms with Crippen molar-refractivity contribution in [2.75, 3.05) is 0 Å². The number of imidazole rings is 1. The molecule has 2 aromatic rings. The Balaban J connectivity index is 0.000000514. The summed E-state index contributed by atoms with van der Waals surface area (Å²) in [7, 11) is 0. The molecule has 0 atom stereocenters. The van der Waals surface area contributed by atoms with Gasteiger partial charge in [0.15, 0.2) is 5.82 Å². The fourth-order valence-electron chi connectivity index (χ4n) is 1.84. The topological polar surface area (TPSA) is 17.8 Å². The molecule has 0 amide bonds. The second-order valence-corrected chi connectivity index (χ2v) is 4.05. The summed E-state index contributed by atoms with van der Waals surface area (Å²) in [6.45, 7) is 5.43. The third kappa shape index (κ3) is 1.92.